The number of sulfonamides is 1. The number of nitrogens with one attached hydrogen (secondary N) is 1. The molecule has 140 valence electrons. The molecule has 0 aromatic carbocycles. The largest absolute Gasteiger partial charge is 0.272 e. The van der Waals surface area contributed by atoms with Crippen LogP contribution in [0.2, 0.25) is 0 Å². The van der Waals surface area contributed by atoms with E-state index in [1.54, 1.807) is 24.7 Å². The van der Waals surface area contributed by atoms with Crippen molar-refractivity contribution in [1.82, 2.24) is 19.6 Å². The summed E-state index contributed by atoms with van der Waals surface area (Å²) in [5.74, 6) is 2.86. The third-order valence-corrected chi connectivity index (χ3v) is 8.26. The molecule has 4 aliphatic carbocycles. The van der Waals surface area contributed by atoms with Gasteiger partial charge in [0.2, 0.25) is 0 Å². The van der Waals surface area contributed by atoms with Crippen molar-refractivity contribution in [1.29, 1.82) is 0 Å². The number of hydrogen-bond acceptors (Lipinski definition) is 4. The number of rotatable bonds is 4. The summed E-state index contributed by atoms with van der Waals surface area (Å²) < 4.78 is 31.6. The third kappa shape index (κ3) is 2.41. The Balaban J connectivity index is 1.42. The summed E-state index contributed by atoms with van der Waals surface area (Å²) in [6.45, 7) is 1.75. The molecule has 0 radical (unpaired) electrons. The minimum Gasteiger partial charge on any atom is -0.272 e. The molecule has 4 saturated carbocycles. The summed E-state index contributed by atoms with van der Waals surface area (Å²) in [5, 5.41) is 8.67. The highest BCUT2D eigenvalue weighted by atomic mass is 32.2. The van der Waals surface area contributed by atoms with E-state index in [4.69, 9.17) is 0 Å². The topological polar surface area (TPSA) is 81.8 Å². The maximum Gasteiger partial charge on any atom is 0.266 e. The van der Waals surface area contributed by atoms with Crippen LogP contribution in [0.5, 0.6) is 0 Å². The van der Waals surface area contributed by atoms with Crippen molar-refractivity contribution in [2.45, 2.75) is 55.9 Å². The van der Waals surface area contributed by atoms with Gasteiger partial charge in [-0.1, -0.05) is 0 Å². The molecular weight excluding hydrogens is 350 g/mol. The highest BCUT2D eigenvalue weighted by Gasteiger charge is 2.52. The van der Waals surface area contributed by atoms with Gasteiger partial charge < -0.3 is 0 Å². The molecule has 0 saturated heterocycles. The lowest BCUT2D eigenvalue weighted by Gasteiger charge is -2.56. The molecule has 6 rings (SSSR count). The zero-order chi connectivity index (χ0) is 18.1. The Morgan fingerprint density at radius 3 is 2.31 bits per heavy atom. The summed E-state index contributed by atoms with van der Waals surface area (Å²) in [6.07, 6.45) is 11.0. The number of nitrogens with zero attached hydrogens (tertiary/aromatic N) is 4. The molecule has 0 amide bonds. The highest BCUT2D eigenvalue weighted by Crippen LogP contribution is 2.58. The molecule has 4 aliphatic rings. The van der Waals surface area contributed by atoms with Crippen LogP contribution in [0.3, 0.4) is 0 Å². The SMILES string of the molecule is Cc1c(S(=O)(=O)Nc2ccn(C34CC5CC(CC(C5)C3)C4)n2)cnn1C. The molecule has 0 atom stereocenters. The second kappa shape index (κ2) is 5.34. The zero-order valence-electron chi connectivity index (χ0n) is 15.2. The van der Waals surface area contributed by atoms with Crippen molar-refractivity contribution in [3.05, 3.63) is 24.2 Å². The minimum absolute atomic E-state index is 0.0999. The van der Waals surface area contributed by atoms with Crippen LogP contribution >= 0.6 is 0 Å². The lowest BCUT2D eigenvalue weighted by atomic mass is 9.53. The van der Waals surface area contributed by atoms with E-state index in [-0.39, 0.29) is 10.4 Å². The van der Waals surface area contributed by atoms with Gasteiger partial charge in [0, 0.05) is 19.3 Å². The van der Waals surface area contributed by atoms with Gasteiger partial charge in [-0.2, -0.15) is 10.2 Å². The van der Waals surface area contributed by atoms with E-state index in [0.29, 0.717) is 11.5 Å². The van der Waals surface area contributed by atoms with Crippen LogP contribution in [0.25, 0.3) is 0 Å². The van der Waals surface area contributed by atoms with Crippen LogP contribution < -0.4 is 4.72 Å². The highest BCUT2D eigenvalue weighted by molar-refractivity contribution is 7.92. The van der Waals surface area contributed by atoms with Crippen molar-refractivity contribution in [2.24, 2.45) is 24.8 Å². The molecule has 7 nitrogen and oxygen atoms in total. The van der Waals surface area contributed by atoms with Gasteiger partial charge in [-0.15, -0.1) is 0 Å². The first-order valence-corrected chi connectivity index (χ1v) is 10.9. The van der Waals surface area contributed by atoms with Gasteiger partial charge in [0.15, 0.2) is 5.82 Å². The van der Waals surface area contributed by atoms with E-state index < -0.39 is 10.0 Å². The maximum atomic E-state index is 12.7. The average molecular weight is 375 g/mol. The first-order valence-electron chi connectivity index (χ1n) is 9.42. The van der Waals surface area contributed by atoms with E-state index in [2.05, 4.69) is 19.6 Å². The fourth-order valence-corrected chi connectivity index (χ4v) is 7.12. The van der Waals surface area contributed by atoms with Crippen LogP contribution in [0, 0.1) is 24.7 Å². The fraction of sp³-hybridized carbons (Fsp3) is 0.667. The van der Waals surface area contributed by atoms with Gasteiger partial charge >= 0.3 is 0 Å². The van der Waals surface area contributed by atoms with Crippen molar-refractivity contribution in [3.8, 4) is 0 Å². The van der Waals surface area contributed by atoms with Crippen molar-refractivity contribution in [2.75, 3.05) is 4.72 Å². The molecule has 4 bridgehead atoms. The fourth-order valence-electron chi connectivity index (χ4n) is 5.92. The van der Waals surface area contributed by atoms with Crippen LogP contribution in [0.15, 0.2) is 23.4 Å². The van der Waals surface area contributed by atoms with Gasteiger partial charge in [0.25, 0.3) is 10.0 Å². The summed E-state index contributed by atoms with van der Waals surface area (Å²) in [4.78, 5) is 0.198. The van der Waals surface area contributed by atoms with Gasteiger partial charge in [-0.25, -0.2) is 8.42 Å². The molecule has 0 aliphatic heterocycles. The van der Waals surface area contributed by atoms with E-state index in [1.807, 2.05) is 6.20 Å². The van der Waals surface area contributed by atoms with Gasteiger partial charge in [-0.3, -0.25) is 14.1 Å². The first-order chi connectivity index (χ1) is 12.3. The minimum atomic E-state index is -3.68. The molecular formula is C18H25N5O2S. The van der Waals surface area contributed by atoms with Crippen molar-refractivity contribution < 1.29 is 8.42 Å². The number of aryl methyl sites for hydroxylation is 1. The Labute approximate surface area is 153 Å². The molecule has 4 fully saturated rings. The quantitative estimate of drug-likeness (QED) is 0.891. The molecule has 0 spiro atoms. The van der Waals surface area contributed by atoms with Crippen LogP contribution in [0.4, 0.5) is 5.82 Å². The van der Waals surface area contributed by atoms with E-state index in [1.165, 1.54) is 44.7 Å². The normalized spacial score (nSPS) is 32.9. The molecule has 1 N–H and O–H groups in total. The smallest absolute Gasteiger partial charge is 0.266 e. The van der Waals surface area contributed by atoms with E-state index in [0.717, 1.165) is 17.8 Å². The predicted octanol–water partition coefficient (Wildman–Crippen LogP) is 2.65. The second-order valence-corrected chi connectivity index (χ2v) is 10.3. The van der Waals surface area contributed by atoms with Crippen LogP contribution in [-0.2, 0) is 22.6 Å². The van der Waals surface area contributed by atoms with Crippen LogP contribution in [0.1, 0.15) is 44.2 Å². The Kier molecular flexibility index (Phi) is 3.36. The van der Waals surface area contributed by atoms with Gasteiger partial charge in [-0.05, 0) is 63.2 Å². The molecule has 2 aromatic heterocycles. The van der Waals surface area contributed by atoms with Crippen LogP contribution in [-0.4, -0.2) is 28.0 Å². The first kappa shape index (κ1) is 16.4. The standard InChI is InChI=1S/C18H25N5O2S/c1-12-16(11-19-22(12)2)26(24,25)21-17-3-4-23(20-17)18-8-13-5-14(9-18)7-15(6-13)10-18/h3-4,11,13-15H,5-10H2,1-2H3,(H,20,21). The number of hydrogen-bond donors (Lipinski definition) is 1. The van der Waals surface area contributed by atoms with E-state index >= 15 is 0 Å². The molecule has 2 aromatic rings. The second-order valence-electron chi connectivity index (χ2n) is 8.61. The summed E-state index contributed by atoms with van der Waals surface area (Å²) in [5.41, 5.74) is 0.709. The Bertz CT molecular complexity index is 923. The summed E-state index contributed by atoms with van der Waals surface area (Å²) in [7, 11) is -1.94. The van der Waals surface area contributed by atoms with E-state index in [9.17, 15) is 8.42 Å². The zero-order valence-corrected chi connectivity index (χ0v) is 16.0. The average Bonchev–Trinajstić information content (AvgIpc) is 3.14. The maximum absolute atomic E-state index is 12.7. The lowest BCUT2D eigenvalue weighted by Crippen LogP contribution is -2.52. The van der Waals surface area contributed by atoms with Gasteiger partial charge in [0.1, 0.15) is 4.90 Å². The molecule has 0 unspecified atom stereocenters. The third-order valence-electron chi connectivity index (χ3n) is 6.80. The Morgan fingerprint density at radius 1 is 1.15 bits per heavy atom. The number of anilines is 1. The summed E-state index contributed by atoms with van der Waals surface area (Å²) in [6, 6.07) is 1.78. The summed E-state index contributed by atoms with van der Waals surface area (Å²) >= 11 is 0. The van der Waals surface area contributed by atoms with Crippen molar-refractivity contribution in [3.63, 3.8) is 0 Å². The lowest BCUT2D eigenvalue weighted by molar-refractivity contribution is -0.0492. The predicted molar refractivity (Wildman–Crippen MR) is 97.1 cm³/mol. The Morgan fingerprint density at radius 2 is 1.77 bits per heavy atom. The monoisotopic (exact) mass is 375 g/mol. The molecule has 8 heteroatoms. The Hall–Kier alpha value is -1.83. The van der Waals surface area contributed by atoms with Gasteiger partial charge in [0.05, 0.1) is 17.4 Å². The number of aromatic nitrogens is 4. The molecule has 26 heavy (non-hydrogen) atoms. The molecule has 2 heterocycles. The van der Waals surface area contributed by atoms with Crippen molar-refractivity contribution >= 4 is 15.8 Å².